The number of carbonyl (C=O) groups excluding carboxylic acids is 1. The summed E-state index contributed by atoms with van der Waals surface area (Å²) in [5.41, 5.74) is 3.10. The molecule has 0 aliphatic carbocycles. The molecule has 0 N–H and O–H groups in total. The lowest BCUT2D eigenvalue weighted by Crippen LogP contribution is -2.37. The molecule has 4 rings (SSSR count). The van der Waals surface area contributed by atoms with Gasteiger partial charge in [0.1, 0.15) is 17.3 Å². The van der Waals surface area contributed by atoms with Crippen LogP contribution >= 0.6 is 0 Å². The third kappa shape index (κ3) is 3.43. The van der Waals surface area contributed by atoms with Crippen LogP contribution in [0.1, 0.15) is 47.2 Å². The smallest absolute Gasteiger partial charge is 0.272 e. The Morgan fingerprint density at radius 3 is 2.77 bits per heavy atom. The maximum Gasteiger partial charge on any atom is 0.272 e. The number of amides is 1. The minimum Gasteiger partial charge on any atom is -0.356 e. The zero-order chi connectivity index (χ0) is 18.1. The number of hydrogen-bond acceptors (Lipinski definition) is 4. The summed E-state index contributed by atoms with van der Waals surface area (Å²) in [5.74, 6) is 2.24. The van der Waals surface area contributed by atoms with Gasteiger partial charge in [-0.2, -0.15) is 0 Å². The Morgan fingerprint density at radius 1 is 1.15 bits per heavy atom. The highest BCUT2D eigenvalue weighted by Crippen LogP contribution is 2.24. The average Bonchev–Trinajstić information content (AvgIpc) is 2.66. The summed E-state index contributed by atoms with van der Waals surface area (Å²) in [7, 11) is 0. The van der Waals surface area contributed by atoms with E-state index in [2.05, 4.69) is 40.0 Å². The SMILES string of the molecule is Cc1nc(C(=O)N2CCc3ccccc3C2)cc(N2CCCC(C)C2)n1. The molecule has 5 heteroatoms. The molecule has 2 aromatic rings. The van der Waals surface area contributed by atoms with Crippen molar-refractivity contribution in [3.8, 4) is 0 Å². The van der Waals surface area contributed by atoms with Gasteiger partial charge in [-0.3, -0.25) is 4.79 Å². The number of rotatable bonds is 2. The number of hydrogen-bond donors (Lipinski definition) is 0. The summed E-state index contributed by atoms with van der Waals surface area (Å²) in [6.45, 7) is 7.56. The summed E-state index contributed by atoms with van der Waals surface area (Å²) in [5, 5.41) is 0. The van der Waals surface area contributed by atoms with Crippen molar-refractivity contribution in [2.45, 2.75) is 39.7 Å². The highest BCUT2D eigenvalue weighted by molar-refractivity contribution is 5.93. The summed E-state index contributed by atoms with van der Waals surface area (Å²) < 4.78 is 0. The lowest BCUT2D eigenvalue weighted by molar-refractivity contribution is 0.0728. The first-order chi connectivity index (χ1) is 12.6. The molecule has 1 saturated heterocycles. The van der Waals surface area contributed by atoms with E-state index in [0.29, 0.717) is 24.0 Å². The molecule has 1 amide bonds. The van der Waals surface area contributed by atoms with Crippen molar-refractivity contribution < 1.29 is 4.79 Å². The van der Waals surface area contributed by atoms with Crippen LogP contribution < -0.4 is 4.90 Å². The minimum atomic E-state index is 0.0105. The van der Waals surface area contributed by atoms with E-state index < -0.39 is 0 Å². The van der Waals surface area contributed by atoms with Gasteiger partial charge < -0.3 is 9.80 Å². The van der Waals surface area contributed by atoms with Gasteiger partial charge in [0, 0.05) is 32.2 Å². The molecule has 5 nitrogen and oxygen atoms in total. The molecular weight excluding hydrogens is 324 g/mol. The molecule has 136 valence electrons. The van der Waals surface area contributed by atoms with E-state index in [1.165, 1.54) is 24.0 Å². The van der Waals surface area contributed by atoms with E-state index in [9.17, 15) is 4.79 Å². The van der Waals surface area contributed by atoms with Gasteiger partial charge in [-0.05, 0) is 43.2 Å². The fourth-order valence-corrected chi connectivity index (χ4v) is 4.05. The topological polar surface area (TPSA) is 49.3 Å². The van der Waals surface area contributed by atoms with Crippen LogP contribution in [0.3, 0.4) is 0 Å². The summed E-state index contributed by atoms with van der Waals surface area (Å²) >= 11 is 0. The van der Waals surface area contributed by atoms with Crippen LogP contribution in [0.5, 0.6) is 0 Å². The van der Waals surface area contributed by atoms with E-state index in [-0.39, 0.29) is 5.91 Å². The number of aryl methyl sites for hydroxylation is 1. The maximum atomic E-state index is 13.1. The lowest BCUT2D eigenvalue weighted by atomic mass is 9.99. The van der Waals surface area contributed by atoms with E-state index in [1.807, 2.05) is 24.0 Å². The Hall–Kier alpha value is -2.43. The van der Waals surface area contributed by atoms with E-state index in [0.717, 1.165) is 31.9 Å². The molecule has 1 atom stereocenters. The molecule has 0 radical (unpaired) electrons. The summed E-state index contributed by atoms with van der Waals surface area (Å²) in [6.07, 6.45) is 3.35. The molecule has 26 heavy (non-hydrogen) atoms. The van der Waals surface area contributed by atoms with E-state index >= 15 is 0 Å². The monoisotopic (exact) mass is 350 g/mol. The maximum absolute atomic E-state index is 13.1. The van der Waals surface area contributed by atoms with Gasteiger partial charge in [0.15, 0.2) is 0 Å². The Morgan fingerprint density at radius 2 is 1.96 bits per heavy atom. The predicted octanol–water partition coefficient (Wildman–Crippen LogP) is 3.22. The van der Waals surface area contributed by atoms with Crippen molar-refractivity contribution in [3.63, 3.8) is 0 Å². The second-order valence-electron chi connectivity index (χ2n) is 7.60. The van der Waals surface area contributed by atoms with Crippen LogP contribution in [0.15, 0.2) is 30.3 Å². The Kier molecular flexibility index (Phi) is 4.62. The second-order valence-corrected chi connectivity index (χ2v) is 7.60. The van der Waals surface area contributed by atoms with Crippen LogP contribution in [0.25, 0.3) is 0 Å². The molecule has 0 spiro atoms. The molecule has 0 saturated carbocycles. The second kappa shape index (κ2) is 7.06. The summed E-state index contributed by atoms with van der Waals surface area (Å²) in [6, 6.07) is 10.3. The van der Waals surface area contributed by atoms with Crippen molar-refractivity contribution in [3.05, 3.63) is 53.0 Å². The van der Waals surface area contributed by atoms with Gasteiger partial charge in [0.2, 0.25) is 0 Å². The molecule has 0 bridgehead atoms. The molecule has 1 aromatic heterocycles. The molecule has 1 aromatic carbocycles. The van der Waals surface area contributed by atoms with Crippen molar-refractivity contribution >= 4 is 11.7 Å². The zero-order valence-corrected chi connectivity index (χ0v) is 15.6. The van der Waals surface area contributed by atoms with Gasteiger partial charge in [-0.25, -0.2) is 9.97 Å². The van der Waals surface area contributed by atoms with Crippen LogP contribution in [0, 0.1) is 12.8 Å². The fourth-order valence-electron chi connectivity index (χ4n) is 4.05. The van der Waals surface area contributed by atoms with Gasteiger partial charge in [0.05, 0.1) is 0 Å². The Balaban J connectivity index is 1.57. The Bertz CT molecular complexity index is 819. The molecule has 3 heterocycles. The number of benzene rings is 1. The quantitative estimate of drug-likeness (QED) is 0.834. The Labute approximate surface area is 155 Å². The van der Waals surface area contributed by atoms with Crippen molar-refractivity contribution in [1.82, 2.24) is 14.9 Å². The van der Waals surface area contributed by atoms with Crippen LogP contribution in [0.4, 0.5) is 5.82 Å². The zero-order valence-electron chi connectivity index (χ0n) is 15.6. The van der Waals surface area contributed by atoms with Gasteiger partial charge in [-0.1, -0.05) is 31.2 Å². The average molecular weight is 350 g/mol. The first-order valence-electron chi connectivity index (χ1n) is 9.57. The highest BCUT2D eigenvalue weighted by atomic mass is 16.2. The summed E-state index contributed by atoms with van der Waals surface area (Å²) in [4.78, 5) is 26.3. The number of fused-ring (bicyclic) bond motifs is 1. The van der Waals surface area contributed by atoms with Gasteiger partial charge in [-0.15, -0.1) is 0 Å². The van der Waals surface area contributed by atoms with Crippen LogP contribution in [-0.4, -0.2) is 40.4 Å². The number of piperidine rings is 1. The molecule has 2 aliphatic rings. The number of anilines is 1. The third-order valence-electron chi connectivity index (χ3n) is 5.44. The van der Waals surface area contributed by atoms with Gasteiger partial charge >= 0.3 is 0 Å². The normalized spacial score (nSPS) is 20.0. The van der Waals surface area contributed by atoms with Crippen molar-refractivity contribution in [1.29, 1.82) is 0 Å². The third-order valence-corrected chi connectivity index (χ3v) is 5.44. The molecule has 1 fully saturated rings. The minimum absolute atomic E-state index is 0.0105. The molecular formula is C21H26N4O. The fraction of sp³-hybridized carbons (Fsp3) is 0.476. The standard InChI is InChI=1S/C21H26N4O/c1-15-6-5-10-24(13-15)20-12-19(22-16(2)23-20)21(26)25-11-9-17-7-3-4-8-18(17)14-25/h3-4,7-8,12,15H,5-6,9-11,13-14H2,1-2H3. The lowest BCUT2D eigenvalue weighted by Gasteiger charge is -2.32. The van der Waals surface area contributed by atoms with Crippen LogP contribution in [-0.2, 0) is 13.0 Å². The van der Waals surface area contributed by atoms with Crippen molar-refractivity contribution in [2.75, 3.05) is 24.5 Å². The van der Waals surface area contributed by atoms with E-state index in [1.54, 1.807) is 0 Å². The van der Waals surface area contributed by atoms with E-state index in [4.69, 9.17) is 0 Å². The largest absolute Gasteiger partial charge is 0.356 e. The highest BCUT2D eigenvalue weighted by Gasteiger charge is 2.25. The number of aromatic nitrogens is 2. The van der Waals surface area contributed by atoms with Gasteiger partial charge in [0.25, 0.3) is 5.91 Å². The molecule has 1 unspecified atom stereocenters. The van der Waals surface area contributed by atoms with Crippen molar-refractivity contribution in [2.24, 2.45) is 5.92 Å². The predicted molar refractivity (Wildman–Crippen MR) is 102 cm³/mol. The number of nitrogens with zero attached hydrogens (tertiary/aromatic N) is 4. The first-order valence-corrected chi connectivity index (χ1v) is 9.57. The number of carbonyl (C=O) groups is 1. The molecule has 2 aliphatic heterocycles. The first kappa shape index (κ1) is 17.0. The van der Waals surface area contributed by atoms with Crippen LogP contribution in [0.2, 0.25) is 0 Å².